The Morgan fingerprint density at radius 1 is 1.37 bits per heavy atom. The number of hydrogen-bond donors (Lipinski definition) is 1. The Labute approximate surface area is 113 Å². The zero-order chi connectivity index (χ0) is 13.8. The molecule has 0 spiro atoms. The van der Waals surface area contributed by atoms with Gasteiger partial charge in [-0.25, -0.2) is 4.98 Å². The van der Waals surface area contributed by atoms with Crippen molar-refractivity contribution < 1.29 is 4.79 Å². The fraction of sp³-hybridized carbons (Fsp3) is 0.429. The largest absolute Gasteiger partial charge is 0.349 e. The zero-order valence-electron chi connectivity index (χ0n) is 11.5. The maximum Gasteiger partial charge on any atom is 0.223 e. The molecule has 102 valence electrons. The van der Waals surface area contributed by atoms with Gasteiger partial charge in [-0.1, -0.05) is 12.1 Å². The monoisotopic (exact) mass is 260 g/mol. The quantitative estimate of drug-likeness (QED) is 0.873. The maximum atomic E-state index is 11.7. The van der Waals surface area contributed by atoms with Gasteiger partial charge in [-0.15, -0.1) is 0 Å². The van der Waals surface area contributed by atoms with Crippen molar-refractivity contribution in [3.63, 3.8) is 0 Å². The third-order valence-corrected chi connectivity index (χ3v) is 3.15. The van der Waals surface area contributed by atoms with E-state index in [1.165, 1.54) is 0 Å². The molecule has 19 heavy (non-hydrogen) atoms. The van der Waals surface area contributed by atoms with Crippen LogP contribution in [0.15, 0.2) is 24.3 Å². The third kappa shape index (κ3) is 2.93. The number of nitrogens with zero attached hydrogens (tertiary/aromatic N) is 3. The highest BCUT2D eigenvalue weighted by Gasteiger charge is 2.11. The second-order valence-corrected chi connectivity index (χ2v) is 4.75. The molecule has 0 aliphatic rings. The van der Waals surface area contributed by atoms with E-state index in [0.29, 0.717) is 19.5 Å². The van der Waals surface area contributed by atoms with Crippen LogP contribution in [0.4, 0.5) is 0 Å². The van der Waals surface area contributed by atoms with Crippen LogP contribution in [-0.4, -0.2) is 41.0 Å². The van der Waals surface area contributed by atoms with Crippen molar-refractivity contribution >= 4 is 16.9 Å². The first-order valence-corrected chi connectivity index (χ1v) is 6.48. The number of amides is 1. The van der Waals surface area contributed by atoms with Crippen LogP contribution >= 0.6 is 0 Å². The van der Waals surface area contributed by atoms with Crippen LogP contribution in [0.1, 0.15) is 12.2 Å². The second-order valence-electron chi connectivity index (χ2n) is 4.75. The standard InChI is InChI=1S/C14H20N4O/c1-17(2)14(19)8-10-18-12-6-4-3-5-11(12)16-13(18)7-9-15/h3-6H,7-10,15H2,1-2H3. The first-order chi connectivity index (χ1) is 9.13. The van der Waals surface area contributed by atoms with Crippen LogP contribution < -0.4 is 5.73 Å². The van der Waals surface area contributed by atoms with E-state index in [-0.39, 0.29) is 5.91 Å². The van der Waals surface area contributed by atoms with E-state index in [4.69, 9.17) is 5.73 Å². The number of carbonyl (C=O) groups excluding carboxylic acids is 1. The summed E-state index contributed by atoms with van der Waals surface area (Å²) in [6, 6.07) is 7.97. The van der Waals surface area contributed by atoms with Crippen molar-refractivity contribution in [2.75, 3.05) is 20.6 Å². The highest BCUT2D eigenvalue weighted by molar-refractivity contribution is 5.77. The summed E-state index contributed by atoms with van der Waals surface area (Å²) >= 11 is 0. The number of aryl methyl sites for hydroxylation is 1. The summed E-state index contributed by atoms with van der Waals surface area (Å²) in [7, 11) is 3.55. The minimum Gasteiger partial charge on any atom is -0.349 e. The minimum atomic E-state index is 0.122. The van der Waals surface area contributed by atoms with Gasteiger partial charge in [0.15, 0.2) is 0 Å². The molecule has 0 fully saturated rings. The predicted molar refractivity (Wildman–Crippen MR) is 75.8 cm³/mol. The highest BCUT2D eigenvalue weighted by Crippen LogP contribution is 2.17. The van der Waals surface area contributed by atoms with Gasteiger partial charge in [0, 0.05) is 33.5 Å². The summed E-state index contributed by atoms with van der Waals surface area (Å²) < 4.78 is 2.10. The summed E-state index contributed by atoms with van der Waals surface area (Å²) in [4.78, 5) is 17.9. The Morgan fingerprint density at radius 3 is 2.79 bits per heavy atom. The van der Waals surface area contributed by atoms with Gasteiger partial charge in [0.25, 0.3) is 0 Å². The Bertz CT molecular complexity index is 574. The van der Waals surface area contributed by atoms with E-state index in [1.54, 1.807) is 19.0 Å². The Balaban J connectivity index is 2.28. The van der Waals surface area contributed by atoms with Crippen molar-refractivity contribution in [3.05, 3.63) is 30.1 Å². The van der Waals surface area contributed by atoms with E-state index in [0.717, 1.165) is 23.3 Å². The number of para-hydroxylation sites is 2. The van der Waals surface area contributed by atoms with Gasteiger partial charge in [0.05, 0.1) is 11.0 Å². The van der Waals surface area contributed by atoms with Crippen molar-refractivity contribution in [2.24, 2.45) is 5.73 Å². The lowest BCUT2D eigenvalue weighted by molar-refractivity contribution is -0.128. The predicted octanol–water partition coefficient (Wildman–Crippen LogP) is 1.02. The molecule has 0 aliphatic carbocycles. The van der Waals surface area contributed by atoms with E-state index in [1.807, 2.05) is 24.3 Å². The molecule has 0 unspecified atom stereocenters. The summed E-state index contributed by atoms with van der Waals surface area (Å²) in [5.41, 5.74) is 7.66. The molecule has 1 aromatic carbocycles. The number of aromatic nitrogens is 2. The fourth-order valence-electron chi connectivity index (χ4n) is 2.13. The van der Waals surface area contributed by atoms with E-state index < -0.39 is 0 Å². The van der Waals surface area contributed by atoms with Gasteiger partial charge in [0.1, 0.15) is 5.82 Å². The molecule has 0 bridgehead atoms. The van der Waals surface area contributed by atoms with Crippen LogP contribution in [-0.2, 0) is 17.8 Å². The molecule has 0 saturated carbocycles. The van der Waals surface area contributed by atoms with Crippen LogP contribution in [0.5, 0.6) is 0 Å². The normalized spacial score (nSPS) is 10.9. The molecule has 2 rings (SSSR count). The Kier molecular flexibility index (Phi) is 4.16. The smallest absolute Gasteiger partial charge is 0.223 e. The summed E-state index contributed by atoms with van der Waals surface area (Å²) in [5.74, 6) is 1.08. The second kappa shape index (κ2) is 5.84. The van der Waals surface area contributed by atoms with E-state index in [2.05, 4.69) is 9.55 Å². The lowest BCUT2D eigenvalue weighted by Crippen LogP contribution is -2.23. The number of carbonyl (C=O) groups is 1. The first-order valence-electron chi connectivity index (χ1n) is 6.48. The molecular weight excluding hydrogens is 240 g/mol. The average Bonchev–Trinajstić information content (AvgIpc) is 2.74. The van der Waals surface area contributed by atoms with Gasteiger partial charge in [-0.2, -0.15) is 0 Å². The molecule has 2 aromatic rings. The van der Waals surface area contributed by atoms with Crippen LogP contribution in [0.3, 0.4) is 0 Å². The van der Waals surface area contributed by atoms with Gasteiger partial charge < -0.3 is 15.2 Å². The molecule has 2 N–H and O–H groups in total. The number of imidazole rings is 1. The summed E-state index contributed by atoms with van der Waals surface area (Å²) in [5, 5.41) is 0. The van der Waals surface area contributed by atoms with Crippen molar-refractivity contribution in [2.45, 2.75) is 19.4 Å². The molecule has 1 aromatic heterocycles. The first kappa shape index (κ1) is 13.5. The Morgan fingerprint density at radius 2 is 2.11 bits per heavy atom. The lowest BCUT2D eigenvalue weighted by atomic mass is 10.3. The van der Waals surface area contributed by atoms with Gasteiger partial charge >= 0.3 is 0 Å². The van der Waals surface area contributed by atoms with Gasteiger partial charge in [0.2, 0.25) is 5.91 Å². The molecule has 5 nitrogen and oxygen atoms in total. The van der Waals surface area contributed by atoms with E-state index in [9.17, 15) is 4.79 Å². The summed E-state index contributed by atoms with van der Waals surface area (Å²) in [6.07, 6.45) is 1.20. The minimum absolute atomic E-state index is 0.122. The molecule has 5 heteroatoms. The van der Waals surface area contributed by atoms with Crippen molar-refractivity contribution in [1.29, 1.82) is 0 Å². The zero-order valence-corrected chi connectivity index (χ0v) is 11.5. The molecule has 0 atom stereocenters. The molecule has 1 amide bonds. The maximum absolute atomic E-state index is 11.7. The fourth-order valence-corrected chi connectivity index (χ4v) is 2.13. The topological polar surface area (TPSA) is 64.2 Å². The number of fused-ring (bicyclic) bond motifs is 1. The number of nitrogens with two attached hydrogens (primary N) is 1. The van der Waals surface area contributed by atoms with Gasteiger partial charge in [-0.3, -0.25) is 4.79 Å². The SMILES string of the molecule is CN(C)C(=O)CCn1c(CCN)nc2ccccc21. The van der Waals surface area contributed by atoms with Crippen LogP contribution in [0, 0.1) is 0 Å². The van der Waals surface area contributed by atoms with E-state index >= 15 is 0 Å². The average molecular weight is 260 g/mol. The van der Waals surface area contributed by atoms with Crippen molar-refractivity contribution in [1.82, 2.24) is 14.5 Å². The molecule has 1 heterocycles. The molecule has 0 saturated heterocycles. The van der Waals surface area contributed by atoms with Gasteiger partial charge in [-0.05, 0) is 18.7 Å². The summed E-state index contributed by atoms with van der Waals surface area (Å²) in [6.45, 7) is 1.21. The highest BCUT2D eigenvalue weighted by atomic mass is 16.2. The molecule has 0 aliphatic heterocycles. The molecule has 0 radical (unpaired) electrons. The molecular formula is C14H20N4O. The Hall–Kier alpha value is -1.88. The number of hydrogen-bond acceptors (Lipinski definition) is 3. The van der Waals surface area contributed by atoms with Crippen molar-refractivity contribution in [3.8, 4) is 0 Å². The van der Waals surface area contributed by atoms with Crippen LogP contribution in [0.25, 0.3) is 11.0 Å². The number of rotatable bonds is 5. The third-order valence-electron chi connectivity index (χ3n) is 3.15. The number of benzene rings is 1. The lowest BCUT2D eigenvalue weighted by Gasteiger charge is -2.12. The van der Waals surface area contributed by atoms with Crippen LogP contribution in [0.2, 0.25) is 0 Å².